The first-order valence-corrected chi connectivity index (χ1v) is 6.28. The maximum absolute atomic E-state index is 13.5. The van der Waals surface area contributed by atoms with E-state index in [9.17, 15) is 4.39 Å². The molecule has 2 aromatic rings. The zero-order chi connectivity index (χ0) is 13.1. The minimum Gasteiger partial charge on any atom is -0.383 e. The Bertz CT molecular complexity index is 597. The van der Waals surface area contributed by atoms with Crippen LogP contribution in [0.3, 0.4) is 0 Å². The lowest BCUT2D eigenvalue weighted by Crippen LogP contribution is -1.94. The van der Waals surface area contributed by atoms with Gasteiger partial charge in [-0.1, -0.05) is 11.6 Å². The van der Waals surface area contributed by atoms with E-state index >= 15 is 0 Å². The van der Waals surface area contributed by atoms with Gasteiger partial charge >= 0.3 is 0 Å². The molecule has 7 heteroatoms. The minimum absolute atomic E-state index is 0.355. The molecule has 0 aliphatic carbocycles. The molecule has 4 nitrogen and oxygen atoms in total. The third-order valence-electron chi connectivity index (χ3n) is 2.16. The Morgan fingerprint density at radius 1 is 1.56 bits per heavy atom. The lowest BCUT2D eigenvalue weighted by Gasteiger charge is -2.01. The number of aromatic nitrogens is 1. The highest BCUT2D eigenvalue weighted by molar-refractivity contribution is 7.14. The molecule has 0 amide bonds. The molecule has 0 aliphatic rings. The summed E-state index contributed by atoms with van der Waals surface area (Å²) in [6.45, 7) is 1.80. The maximum atomic E-state index is 13.5. The van der Waals surface area contributed by atoms with E-state index in [1.54, 1.807) is 18.4 Å². The molecule has 0 aliphatic heterocycles. The van der Waals surface area contributed by atoms with Crippen LogP contribution in [0.15, 0.2) is 22.6 Å². The number of benzene rings is 1. The van der Waals surface area contributed by atoms with E-state index in [0.29, 0.717) is 21.5 Å². The topological polar surface area (TPSA) is 63.3 Å². The van der Waals surface area contributed by atoms with E-state index in [2.05, 4.69) is 15.5 Å². The molecule has 0 spiro atoms. The number of nitrogens with two attached hydrogens (primary N) is 1. The fourth-order valence-electron chi connectivity index (χ4n) is 1.27. The van der Waals surface area contributed by atoms with Crippen molar-refractivity contribution in [2.75, 3.05) is 11.2 Å². The van der Waals surface area contributed by atoms with Crippen LogP contribution in [0.5, 0.6) is 0 Å². The molecule has 0 atom stereocenters. The van der Waals surface area contributed by atoms with Gasteiger partial charge in [0.15, 0.2) is 0 Å². The molecular formula is C11H10ClFN4S. The van der Waals surface area contributed by atoms with Crippen LogP contribution < -0.4 is 11.2 Å². The number of halogens is 2. The van der Waals surface area contributed by atoms with E-state index in [1.807, 2.05) is 0 Å². The van der Waals surface area contributed by atoms with Gasteiger partial charge in [-0.3, -0.25) is 5.43 Å². The minimum atomic E-state index is -0.421. The quantitative estimate of drug-likeness (QED) is 0.671. The number of anilines is 2. The van der Waals surface area contributed by atoms with Gasteiger partial charge in [0.05, 0.1) is 6.21 Å². The number of hydrazone groups is 1. The molecule has 1 heterocycles. The fraction of sp³-hybridized carbons (Fsp3) is 0.0909. The van der Waals surface area contributed by atoms with Crippen LogP contribution >= 0.6 is 22.9 Å². The number of nitrogens with zero attached hydrogens (tertiary/aromatic N) is 2. The molecule has 0 bridgehead atoms. The van der Waals surface area contributed by atoms with Crippen LogP contribution in [0.4, 0.5) is 15.3 Å². The van der Waals surface area contributed by atoms with Crippen LogP contribution in [0.1, 0.15) is 11.1 Å². The Balaban J connectivity index is 2.11. The number of hydrogen-bond acceptors (Lipinski definition) is 5. The number of aryl methyl sites for hydroxylation is 1. The summed E-state index contributed by atoms with van der Waals surface area (Å²) in [5.74, 6) is 0.000945. The van der Waals surface area contributed by atoms with Crippen LogP contribution in [0.2, 0.25) is 5.02 Å². The van der Waals surface area contributed by atoms with E-state index in [4.69, 9.17) is 17.3 Å². The average Bonchev–Trinajstić information content (AvgIpc) is 2.71. The first-order valence-electron chi connectivity index (χ1n) is 5.02. The first kappa shape index (κ1) is 12.8. The predicted octanol–water partition coefficient (Wildman–Crippen LogP) is 3.27. The van der Waals surface area contributed by atoms with Crippen molar-refractivity contribution in [3.05, 3.63) is 39.5 Å². The van der Waals surface area contributed by atoms with Crippen molar-refractivity contribution in [3.63, 3.8) is 0 Å². The summed E-state index contributed by atoms with van der Waals surface area (Å²) in [5.41, 5.74) is 9.27. The van der Waals surface area contributed by atoms with Crippen molar-refractivity contribution in [1.29, 1.82) is 0 Å². The number of hydrogen-bond donors (Lipinski definition) is 2. The average molecular weight is 285 g/mol. The van der Waals surface area contributed by atoms with Crippen LogP contribution in [0.25, 0.3) is 0 Å². The molecule has 18 heavy (non-hydrogen) atoms. The normalized spacial score (nSPS) is 11.1. The van der Waals surface area contributed by atoms with Gasteiger partial charge in [0.25, 0.3) is 0 Å². The standard InChI is InChI=1S/C11H10ClFN4S/c1-6-2-7(9(13)3-8(6)12)4-15-17-11-16-10(14)5-18-11/h2-5H,14H2,1H3,(H,16,17). The number of thiazole rings is 1. The van der Waals surface area contributed by atoms with Gasteiger partial charge in [-0.15, -0.1) is 11.3 Å². The van der Waals surface area contributed by atoms with Gasteiger partial charge in [0, 0.05) is 16.0 Å². The number of nitrogen functional groups attached to an aromatic ring is 1. The van der Waals surface area contributed by atoms with Gasteiger partial charge in [-0.2, -0.15) is 5.10 Å². The summed E-state index contributed by atoms with van der Waals surface area (Å²) in [6, 6.07) is 2.89. The second-order valence-corrected chi connectivity index (χ2v) is 4.84. The van der Waals surface area contributed by atoms with E-state index < -0.39 is 5.82 Å². The van der Waals surface area contributed by atoms with E-state index in [0.717, 1.165) is 5.56 Å². The zero-order valence-corrected chi connectivity index (χ0v) is 11.0. The van der Waals surface area contributed by atoms with Gasteiger partial charge in [0.2, 0.25) is 5.13 Å². The second-order valence-electron chi connectivity index (χ2n) is 3.57. The van der Waals surface area contributed by atoms with Crippen molar-refractivity contribution in [2.45, 2.75) is 6.92 Å². The van der Waals surface area contributed by atoms with Gasteiger partial charge in [-0.05, 0) is 24.6 Å². The third kappa shape index (κ3) is 2.96. The maximum Gasteiger partial charge on any atom is 0.205 e. The first-order chi connectivity index (χ1) is 8.56. The summed E-state index contributed by atoms with van der Waals surface area (Å²) in [6.07, 6.45) is 1.37. The molecule has 0 saturated carbocycles. The molecule has 0 unspecified atom stereocenters. The number of nitrogens with one attached hydrogen (secondary N) is 1. The summed E-state index contributed by atoms with van der Waals surface area (Å²) >= 11 is 7.11. The molecule has 1 aromatic heterocycles. The van der Waals surface area contributed by atoms with Gasteiger partial charge < -0.3 is 5.73 Å². The number of rotatable bonds is 3. The Morgan fingerprint density at radius 3 is 3.00 bits per heavy atom. The van der Waals surface area contributed by atoms with Crippen LogP contribution in [-0.4, -0.2) is 11.2 Å². The third-order valence-corrected chi connectivity index (χ3v) is 3.34. The Morgan fingerprint density at radius 2 is 2.33 bits per heavy atom. The predicted molar refractivity (Wildman–Crippen MR) is 73.9 cm³/mol. The molecule has 2 rings (SSSR count). The molecule has 0 radical (unpaired) electrons. The Labute approximate surface area is 112 Å². The largest absolute Gasteiger partial charge is 0.383 e. The molecular weight excluding hydrogens is 275 g/mol. The van der Waals surface area contributed by atoms with E-state index in [-0.39, 0.29) is 0 Å². The monoisotopic (exact) mass is 284 g/mol. The Kier molecular flexibility index (Phi) is 3.78. The van der Waals surface area contributed by atoms with Crippen LogP contribution in [0, 0.1) is 12.7 Å². The highest BCUT2D eigenvalue weighted by Crippen LogP contribution is 2.19. The van der Waals surface area contributed by atoms with E-state index in [1.165, 1.54) is 23.6 Å². The van der Waals surface area contributed by atoms with Gasteiger partial charge in [-0.25, -0.2) is 9.37 Å². The summed E-state index contributed by atoms with van der Waals surface area (Å²) in [7, 11) is 0. The fourth-order valence-corrected chi connectivity index (χ4v) is 1.97. The summed E-state index contributed by atoms with van der Waals surface area (Å²) in [4.78, 5) is 3.95. The lowest BCUT2D eigenvalue weighted by atomic mass is 10.1. The SMILES string of the molecule is Cc1cc(C=NNc2nc(N)cs2)c(F)cc1Cl. The van der Waals surface area contributed by atoms with Gasteiger partial charge in [0.1, 0.15) is 11.6 Å². The molecule has 3 N–H and O–H groups in total. The zero-order valence-electron chi connectivity index (χ0n) is 9.45. The molecule has 1 aromatic carbocycles. The summed E-state index contributed by atoms with van der Waals surface area (Å²) < 4.78 is 13.5. The Hall–Kier alpha value is -1.66. The smallest absolute Gasteiger partial charge is 0.205 e. The molecule has 0 saturated heterocycles. The highest BCUT2D eigenvalue weighted by atomic mass is 35.5. The van der Waals surface area contributed by atoms with Crippen molar-refractivity contribution < 1.29 is 4.39 Å². The lowest BCUT2D eigenvalue weighted by molar-refractivity contribution is 0.625. The van der Waals surface area contributed by atoms with Crippen molar-refractivity contribution in [3.8, 4) is 0 Å². The van der Waals surface area contributed by atoms with Crippen molar-refractivity contribution in [1.82, 2.24) is 4.98 Å². The van der Waals surface area contributed by atoms with Crippen molar-refractivity contribution >= 4 is 40.1 Å². The van der Waals surface area contributed by atoms with Crippen LogP contribution in [-0.2, 0) is 0 Å². The molecule has 0 fully saturated rings. The van der Waals surface area contributed by atoms with Crippen molar-refractivity contribution in [2.24, 2.45) is 5.10 Å². The highest BCUT2D eigenvalue weighted by Gasteiger charge is 2.04. The molecule has 94 valence electrons. The summed E-state index contributed by atoms with van der Waals surface area (Å²) in [5, 5.41) is 6.52. The second kappa shape index (κ2) is 5.32.